The Kier molecular flexibility index (Phi) is 5.90. The van der Waals surface area contributed by atoms with Gasteiger partial charge in [0.05, 0.1) is 11.0 Å². The molecule has 0 unspecified atom stereocenters. The van der Waals surface area contributed by atoms with Crippen molar-refractivity contribution in [1.29, 1.82) is 5.26 Å². The topological polar surface area (TPSA) is 122 Å². The van der Waals surface area contributed by atoms with Crippen molar-refractivity contribution in [3.05, 3.63) is 22.0 Å². The van der Waals surface area contributed by atoms with Crippen molar-refractivity contribution >= 4 is 18.4 Å². The number of hydrogen-bond acceptors (Lipinski definition) is 5. The Morgan fingerprint density at radius 3 is 2.52 bits per heavy atom. The summed E-state index contributed by atoms with van der Waals surface area (Å²) in [6, 6.07) is -0.0728. The number of carboxylic acids is 1. The van der Waals surface area contributed by atoms with Crippen molar-refractivity contribution in [1.82, 2.24) is 9.78 Å². The molecule has 1 saturated heterocycles. The number of rotatable bonds is 3. The molecule has 2 heterocycles. The SMILES string of the molecule is CC.N#CB1CCC(n2cc([N+](=O)[O-])c(C(=O)O)n2)CC1. The van der Waals surface area contributed by atoms with Crippen molar-refractivity contribution in [2.24, 2.45) is 0 Å². The molecule has 0 spiro atoms. The fourth-order valence-corrected chi connectivity index (χ4v) is 2.32. The van der Waals surface area contributed by atoms with Gasteiger partial charge < -0.3 is 5.11 Å². The van der Waals surface area contributed by atoms with E-state index < -0.39 is 22.3 Å². The average molecular weight is 292 g/mol. The molecular formula is C12H17BN4O4. The zero-order valence-electron chi connectivity index (χ0n) is 12.0. The van der Waals surface area contributed by atoms with Crippen LogP contribution in [-0.4, -0.2) is 32.5 Å². The molecule has 1 aromatic heterocycles. The van der Waals surface area contributed by atoms with Gasteiger partial charge in [-0.05, 0) is 12.8 Å². The zero-order chi connectivity index (χ0) is 16.0. The molecule has 2 rings (SSSR count). The molecule has 112 valence electrons. The summed E-state index contributed by atoms with van der Waals surface area (Å²) in [7, 11) is 0. The third-order valence-electron chi connectivity index (χ3n) is 3.37. The molecule has 21 heavy (non-hydrogen) atoms. The van der Waals surface area contributed by atoms with Gasteiger partial charge in [0.2, 0.25) is 5.69 Å². The number of nitrogens with zero attached hydrogens (tertiary/aromatic N) is 4. The van der Waals surface area contributed by atoms with Gasteiger partial charge in [-0.3, -0.25) is 14.8 Å². The van der Waals surface area contributed by atoms with Crippen molar-refractivity contribution in [2.75, 3.05) is 0 Å². The van der Waals surface area contributed by atoms with Gasteiger partial charge in [-0.15, -0.1) is 0 Å². The number of nitriles is 1. The molecule has 0 aliphatic carbocycles. The van der Waals surface area contributed by atoms with Crippen LogP contribution >= 0.6 is 0 Å². The van der Waals surface area contributed by atoms with Crippen molar-refractivity contribution in [3.63, 3.8) is 0 Å². The summed E-state index contributed by atoms with van der Waals surface area (Å²) >= 11 is 0. The van der Waals surface area contributed by atoms with E-state index in [0.717, 1.165) is 0 Å². The van der Waals surface area contributed by atoms with Gasteiger partial charge >= 0.3 is 11.7 Å². The predicted octanol–water partition coefficient (Wildman–Crippen LogP) is 2.41. The lowest BCUT2D eigenvalue weighted by Crippen LogP contribution is -2.22. The van der Waals surface area contributed by atoms with E-state index in [1.54, 1.807) is 0 Å². The van der Waals surface area contributed by atoms with E-state index in [9.17, 15) is 14.9 Å². The summed E-state index contributed by atoms with van der Waals surface area (Å²) in [5.74, 6) is 0.791. The number of carbonyl (C=O) groups is 1. The normalized spacial score (nSPS) is 14.8. The average Bonchev–Trinajstić information content (AvgIpc) is 2.95. The van der Waals surface area contributed by atoms with E-state index in [4.69, 9.17) is 10.4 Å². The second kappa shape index (κ2) is 7.43. The molecule has 0 atom stereocenters. The van der Waals surface area contributed by atoms with Crippen molar-refractivity contribution in [3.8, 4) is 5.97 Å². The van der Waals surface area contributed by atoms with Crippen LogP contribution in [0.2, 0.25) is 12.6 Å². The maximum atomic E-state index is 10.9. The molecule has 1 fully saturated rings. The Labute approximate surface area is 122 Å². The van der Waals surface area contributed by atoms with E-state index in [2.05, 4.69) is 11.1 Å². The number of hydrogen-bond donors (Lipinski definition) is 1. The van der Waals surface area contributed by atoms with E-state index in [0.29, 0.717) is 25.5 Å². The van der Waals surface area contributed by atoms with Crippen molar-refractivity contribution < 1.29 is 14.8 Å². The standard InChI is InChI=1S/C10H11BN4O4.C2H6/c12-6-11-3-1-7(2-4-11)14-5-8(15(18)19)9(13-14)10(16)17;1-2/h5,7H,1-4H2,(H,16,17);1-2H3. The van der Waals surface area contributed by atoms with Crippen LogP contribution in [0.3, 0.4) is 0 Å². The molecule has 0 saturated carbocycles. The third-order valence-corrected chi connectivity index (χ3v) is 3.37. The first-order valence-electron chi connectivity index (χ1n) is 6.89. The van der Waals surface area contributed by atoms with Crippen LogP contribution in [0.25, 0.3) is 0 Å². The summed E-state index contributed by atoms with van der Waals surface area (Å²) < 4.78 is 1.36. The summed E-state index contributed by atoms with van der Waals surface area (Å²) in [5.41, 5.74) is -1.03. The van der Waals surface area contributed by atoms with Gasteiger partial charge in [0.1, 0.15) is 6.20 Å². The molecule has 8 nitrogen and oxygen atoms in total. The second-order valence-corrected chi connectivity index (χ2v) is 4.54. The molecule has 9 heteroatoms. The van der Waals surface area contributed by atoms with Gasteiger partial charge in [0.15, 0.2) is 0 Å². The Morgan fingerprint density at radius 2 is 2.14 bits per heavy atom. The van der Waals surface area contributed by atoms with Crippen LogP contribution in [0, 0.1) is 21.3 Å². The van der Waals surface area contributed by atoms with E-state index in [-0.39, 0.29) is 12.8 Å². The largest absolute Gasteiger partial charge is 0.476 e. The minimum absolute atomic E-state index is 0.0146. The molecule has 1 aromatic rings. The molecular weight excluding hydrogens is 275 g/mol. The monoisotopic (exact) mass is 292 g/mol. The third kappa shape index (κ3) is 3.81. The summed E-state index contributed by atoms with van der Waals surface area (Å²) in [6.45, 7) is 4.01. The fourth-order valence-electron chi connectivity index (χ4n) is 2.32. The lowest BCUT2D eigenvalue weighted by Gasteiger charge is -2.22. The predicted molar refractivity (Wildman–Crippen MR) is 76.4 cm³/mol. The zero-order valence-corrected chi connectivity index (χ0v) is 12.0. The Bertz CT molecular complexity index is 527. The maximum Gasteiger partial charge on any atom is 0.363 e. The Morgan fingerprint density at radius 1 is 1.57 bits per heavy atom. The molecule has 0 radical (unpaired) electrons. The van der Waals surface area contributed by atoms with Crippen LogP contribution in [0.1, 0.15) is 43.2 Å². The van der Waals surface area contributed by atoms with Gasteiger partial charge in [0, 0.05) is 5.97 Å². The van der Waals surface area contributed by atoms with E-state index in [1.807, 2.05) is 13.8 Å². The first kappa shape index (κ1) is 16.7. The van der Waals surface area contributed by atoms with Crippen LogP contribution in [0.15, 0.2) is 6.20 Å². The van der Waals surface area contributed by atoms with Crippen LogP contribution < -0.4 is 0 Å². The molecule has 1 aliphatic rings. The van der Waals surface area contributed by atoms with Gasteiger partial charge in [-0.1, -0.05) is 26.5 Å². The number of aromatic nitrogens is 2. The van der Waals surface area contributed by atoms with E-state index >= 15 is 0 Å². The van der Waals surface area contributed by atoms with Crippen LogP contribution in [-0.2, 0) is 0 Å². The lowest BCUT2D eigenvalue weighted by atomic mass is 9.42. The van der Waals surface area contributed by atoms with Gasteiger partial charge in [-0.25, -0.2) is 10.1 Å². The molecule has 0 bridgehead atoms. The molecule has 1 N–H and O–H groups in total. The lowest BCUT2D eigenvalue weighted by molar-refractivity contribution is -0.385. The molecule has 0 amide bonds. The summed E-state index contributed by atoms with van der Waals surface area (Å²) in [5, 5.41) is 32.2. The highest BCUT2D eigenvalue weighted by atomic mass is 16.6. The van der Waals surface area contributed by atoms with Gasteiger partial charge in [0.25, 0.3) is 6.71 Å². The molecule has 0 aromatic carbocycles. The summed E-state index contributed by atoms with van der Waals surface area (Å²) in [6.07, 6.45) is 3.93. The first-order valence-corrected chi connectivity index (χ1v) is 6.89. The van der Waals surface area contributed by atoms with Crippen LogP contribution in [0.4, 0.5) is 5.69 Å². The highest BCUT2D eigenvalue weighted by Gasteiger charge is 2.30. The second-order valence-electron chi connectivity index (χ2n) is 4.54. The smallest absolute Gasteiger partial charge is 0.363 e. The molecule has 1 aliphatic heterocycles. The Balaban J connectivity index is 0.00000106. The fraction of sp³-hybridized carbons (Fsp3) is 0.583. The number of nitro groups is 1. The first-order chi connectivity index (χ1) is 10.0. The quantitative estimate of drug-likeness (QED) is 0.518. The minimum atomic E-state index is -1.41. The Hall–Kier alpha value is -2.37. The van der Waals surface area contributed by atoms with Crippen molar-refractivity contribution in [2.45, 2.75) is 45.4 Å². The number of aromatic carboxylic acids is 1. The van der Waals surface area contributed by atoms with Crippen LogP contribution in [0.5, 0.6) is 0 Å². The number of carboxylic acid groups (broad SMARTS) is 1. The minimum Gasteiger partial charge on any atom is -0.476 e. The maximum absolute atomic E-state index is 10.9. The van der Waals surface area contributed by atoms with Gasteiger partial charge in [-0.2, -0.15) is 5.10 Å². The summed E-state index contributed by atoms with van der Waals surface area (Å²) in [4.78, 5) is 20.9. The van der Waals surface area contributed by atoms with E-state index in [1.165, 1.54) is 10.9 Å². The highest BCUT2D eigenvalue weighted by Crippen LogP contribution is 2.30. The highest BCUT2D eigenvalue weighted by molar-refractivity contribution is 6.67.